The third-order valence-electron chi connectivity index (χ3n) is 12.9. The highest BCUT2D eigenvalue weighted by Crippen LogP contribution is 2.37. The van der Waals surface area contributed by atoms with Gasteiger partial charge in [-0.3, -0.25) is 24.6 Å². The molecule has 0 aliphatic carbocycles. The number of piperazine rings is 1. The highest BCUT2D eigenvalue weighted by Gasteiger charge is 2.40. The molecule has 1 aromatic heterocycles. The van der Waals surface area contributed by atoms with Crippen LogP contribution in [0, 0.1) is 5.92 Å². The van der Waals surface area contributed by atoms with Gasteiger partial charge in [0, 0.05) is 69.9 Å². The molecule has 0 radical (unpaired) electrons. The molecular formula is C41H51N9O4. The molecule has 3 N–H and O–H groups in total. The summed E-state index contributed by atoms with van der Waals surface area (Å²) in [5.41, 5.74) is 5.48. The summed E-state index contributed by atoms with van der Waals surface area (Å²) in [6, 6.07) is 15.5. The lowest BCUT2D eigenvalue weighted by Gasteiger charge is -2.46. The number of fused-ring (bicyclic) bond motifs is 4. The fourth-order valence-electron chi connectivity index (χ4n) is 9.72. The van der Waals surface area contributed by atoms with Crippen LogP contribution in [0.2, 0.25) is 0 Å². The first-order valence-corrected chi connectivity index (χ1v) is 20.0. The minimum Gasteiger partial charge on any atom is -0.507 e. The number of benzene rings is 2. The van der Waals surface area contributed by atoms with Crippen LogP contribution in [0.1, 0.15) is 65.9 Å². The Balaban J connectivity index is 0.703. The molecule has 6 aliphatic rings. The van der Waals surface area contributed by atoms with E-state index < -0.39 is 6.04 Å². The number of hydrogen-bond acceptors (Lipinski definition) is 11. The van der Waals surface area contributed by atoms with E-state index in [2.05, 4.69) is 58.6 Å². The molecule has 4 saturated heterocycles. The van der Waals surface area contributed by atoms with Crippen LogP contribution in [0.3, 0.4) is 0 Å². The highest BCUT2D eigenvalue weighted by atomic mass is 16.3. The summed E-state index contributed by atoms with van der Waals surface area (Å²) in [6.45, 7) is 12.3. The van der Waals surface area contributed by atoms with E-state index in [4.69, 9.17) is 0 Å². The van der Waals surface area contributed by atoms with Crippen molar-refractivity contribution in [2.45, 2.75) is 63.1 Å². The number of aromatic nitrogens is 2. The van der Waals surface area contributed by atoms with Gasteiger partial charge in [0.15, 0.2) is 5.82 Å². The van der Waals surface area contributed by atoms with Crippen LogP contribution in [-0.4, -0.2) is 137 Å². The zero-order valence-corrected chi connectivity index (χ0v) is 31.0. The number of phenols is 1. The van der Waals surface area contributed by atoms with Gasteiger partial charge in [0.25, 0.3) is 5.91 Å². The molecule has 6 aliphatic heterocycles. The molecule has 0 spiro atoms. The van der Waals surface area contributed by atoms with Gasteiger partial charge < -0.3 is 30.0 Å². The minimum atomic E-state index is -0.569. The molecule has 0 saturated carbocycles. The van der Waals surface area contributed by atoms with E-state index in [-0.39, 0.29) is 29.9 Å². The molecule has 9 rings (SSSR count). The summed E-state index contributed by atoms with van der Waals surface area (Å²) >= 11 is 0. The molecule has 54 heavy (non-hydrogen) atoms. The van der Waals surface area contributed by atoms with Gasteiger partial charge in [-0.05, 0) is 106 Å². The van der Waals surface area contributed by atoms with Crippen molar-refractivity contribution in [3.63, 3.8) is 0 Å². The van der Waals surface area contributed by atoms with Crippen LogP contribution in [0.25, 0.3) is 11.3 Å². The second kappa shape index (κ2) is 14.9. The minimum absolute atomic E-state index is 0.101. The molecule has 284 valence electrons. The van der Waals surface area contributed by atoms with Gasteiger partial charge in [0.1, 0.15) is 11.8 Å². The van der Waals surface area contributed by atoms with Crippen LogP contribution < -0.4 is 15.5 Å². The average molecular weight is 734 g/mol. The monoisotopic (exact) mass is 733 g/mol. The molecule has 1 unspecified atom stereocenters. The summed E-state index contributed by atoms with van der Waals surface area (Å²) < 4.78 is 0. The van der Waals surface area contributed by atoms with E-state index in [9.17, 15) is 19.5 Å². The molecular weight excluding hydrogens is 683 g/mol. The van der Waals surface area contributed by atoms with E-state index in [1.165, 1.54) is 38.0 Å². The largest absolute Gasteiger partial charge is 0.507 e. The maximum Gasteiger partial charge on any atom is 0.255 e. The molecule has 3 amide bonds. The number of aromatic hydroxyl groups is 1. The van der Waals surface area contributed by atoms with E-state index in [0.717, 1.165) is 88.2 Å². The fraction of sp³-hybridized carbons (Fsp3) is 0.537. The zero-order valence-electron chi connectivity index (χ0n) is 31.0. The third kappa shape index (κ3) is 7.04. The number of piperidine rings is 3. The van der Waals surface area contributed by atoms with Gasteiger partial charge in [0.05, 0.1) is 17.4 Å². The Kier molecular flexibility index (Phi) is 9.70. The number of phenolic OH excluding ortho intramolecular Hbond substituents is 1. The second-order valence-corrected chi connectivity index (χ2v) is 16.2. The number of anilines is 2. The van der Waals surface area contributed by atoms with Gasteiger partial charge >= 0.3 is 0 Å². The molecule has 2 atom stereocenters. The van der Waals surface area contributed by atoms with Crippen LogP contribution in [0.5, 0.6) is 5.75 Å². The van der Waals surface area contributed by atoms with Crippen molar-refractivity contribution >= 4 is 29.2 Å². The molecule has 2 aromatic carbocycles. The van der Waals surface area contributed by atoms with Crippen LogP contribution in [-0.2, 0) is 16.1 Å². The number of rotatable bonds is 8. The van der Waals surface area contributed by atoms with E-state index in [1.54, 1.807) is 11.0 Å². The summed E-state index contributed by atoms with van der Waals surface area (Å²) in [6.07, 6.45) is 5.45. The Morgan fingerprint density at radius 2 is 1.57 bits per heavy atom. The Morgan fingerprint density at radius 1 is 0.778 bits per heavy atom. The van der Waals surface area contributed by atoms with Crippen molar-refractivity contribution in [3.8, 4) is 17.0 Å². The van der Waals surface area contributed by atoms with Gasteiger partial charge in [-0.25, -0.2) is 0 Å². The summed E-state index contributed by atoms with van der Waals surface area (Å²) in [4.78, 5) is 49.3. The van der Waals surface area contributed by atoms with Crippen LogP contribution >= 0.6 is 0 Å². The van der Waals surface area contributed by atoms with E-state index in [0.29, 0.717) is 41.7 Å². The predicted octanol–water partition coefficient (Wildman–Crippen LogP) is 3.12. The maximum absolute atomic E-state index is 13.1. The molecule has 3 aromatic rings. The number of likely N-dealkylation sites (tertiary alicyclic amines) is 2. The van der Waals surface area contributed by atoms with Crippen LogP contribution in [0.4, 0.5) is 11.5 Å². The summed E-state index contributed by atoms with van der Waals surface area (Å²) in [7, 11) is 0. The van der Waals surface area contributed by atoms with Gasteiger partial charge in [-0.15, -0.1) is 10.2 Å². The van der Waals surface area contributed by atoms with Gasteiger partial charge in [0.2, 0.25) is 11.8 Å². The Labute approximate surface area is 316 Å². The van der Waals surface area contributed by atoms with E-state index >= 15 is 0 Å². The first-order chi connectivity index (χ1) is 26.4. The second-order valence-electron chi connectivity index (χ2n) is 16.2. The van der Waals surface area contributed by atoms with Gasteiger partial charge in [-0.2, -0.15) is 0 Å². The number of carbonyl (C=O) groups excluding carboxylic acids is 3. The number of nitrogens with one attached hydrogen (secondary N) is 2. The van der Waals surface area contributed by atoms with Crippen molar-refractivity contribution in [3.05, 3.63) is 65.2 Å². The fourth-order valence-corrected chi connectivity index (χ4v) is 9.72. The normalized spacial score (nSPS) is 24.6. The SMILES string of the molecule is O=C1CCC(N2Cc3cc(C4CCN(CC5CCN(CCN6CCN7c8cc(-c9ccccc9O)nnc8NC[C@H]7C6)CC5)CC4)ccc3C2=O)C(=O)N1. The third-order valence-corrected chi connectivity index (χ3v) is 12.9. The standard InChI is InChI=1S/C41H51N9O4/c51-37-4-2-1-3-33(37)34-22-36-39(45-44-34)42-23-31-26-48(19-20-49(31)36)18-17-46-13-9-27(10-14-46)24-47-15-11-28(12-16-47)29-5-6-32-30(21-29)25-50(41(32)54)35-7-8-38(52)43-40(35)53/h1-6,21-22,27-28,31,35,51H,7-20,23-26H2,(H,42,45)(H,43,52,53)/t31-,35?/m0/s1. The zero-order chi connectivity index (χ0) is 36.8. The van der Waals surface area contributed by atoms with Crippen molar-refractivity contribution < 1.29 is 19.5 Å². The quantitative estimate of drug-likeness (QED) is 0.295. The van der Waals surface area contributed by atoms with E-state index in [1.807, 2.05) is 24.3 Å². The molecule has 13 heteroatoms. The Hall–Kier alpha value is -4.59. The molecule has 4 fully saturated rings. The average Bonchev–Trinajstić information content (AvgIpc) is 3.52. The first kappa shape index (κ1) is 35.1. The van der Waals surface area contributed by atoms with Crippen molar-refractivity contribution in [1.29, 1.82) is 0 Å². The highest BCUT2D eigenvalue weighted by molar-refractivity contribution is 6.05. The molecule has 0 bridgehead atoms. The van der Waals surface area contributed by atoms with Crippen molar-refractivity contribution in [2.75, 3.05) is 82.2 Å². The number of carbonyl (C=O) groups is 3. The summed E-state index contributed by atoms with van der Waals surface area (Å²) in [5.74, 6) is 1.57. The Bertz CT molecular complexity index is 1910. The van der Waals surface area contributed by atoms with Crippen molar-refractivity contribution in [2.24, 2.45) is 5.92 Å². The van der Waals surface area contributed by atoms with Crippen LogP contribution in [0.15, 0.2) is 48.5 Å². The predicted molar refractivity (Wildman–Crippen MR) is 205 cm³/mol. The van der Waals surface area contributed by atoms with Crippen molar-refractivity contribution in [1.82, 2.24) is 35.1 Å². The summed E-state index contributed by atoms with van der Waals surface area (Å²) in [5, 5.41) is 25.1. The lowest BCUT2D eigenvalue weighted by molar-refractivity contribution is -0.136. The lowest BCUT2D eigenvalue weighted by Crippen LogP contribution is -2.58. The number of amides is 3. The number of imide groups is 1. The molecule has 7 heterocycles. The number of para-hydroxylation sites is 1. The number of hydrogen-bond donors (Lipinski definition) is 3. The number of nitrogens with zero attached hydrogens (tertiary/aromatic N) is 7. The Morgan fingerprint density at radius 3 is 2.39 bits per heavy atom. The topological polar surface area (TPSA) is 137 Å². The smallest absolute Gasteiger partial charge is 0.255 e. The first-order valence-electron chi connectivity index (χ1n) is 20.0. The lowest BCUT2D eigenvalue weighted by atomic mass is 9.87. The maximum atomic E-state index is 13.1. The van der Waals surface area contributed by atoms with Gasteiger partial charge in [-0.1, -0.05) is 24.3 Å². The molecule has 13 nitrogen and oxygen atoms in total.